The van der Waals surface area contributed by atoms with Crippen LogP contribution in [0, 0.1) is 0 Å². The molecule has 0 saturated heterocycles. The summed E-state index contributed by atoms with van der Waals surface area (Å²) in [7, 11) is 0. The van der Waals surface area contributed by atoms with Gasteiger partial charge in [-0.15, -0.1) is 0 Å². The first-order chi connectivity index (χ1) is 12.5. The minimum Gasteiger partial charge on any atom is -0.436 e. The van der Waals surface area contributed by atoms with E-state index in [4.69, 9.17) is 28.2 Å². The van der Waals surface area contributed by atoms with Gasteiger partial charge in [0.1, 0.15) is 5.52 Å². The molecule has 1 heterocycles. The number of benzene rings is 2. The summed E-state index contributed by atoms with van der Waals surface area (Å²) >= 11 is 11.1. The Morgan fingerprint density at radius 1 is 1.23 bits per heavy atom. The Bertz CT molecular complexity index is 938. The fourth-order valence-electron chi connectivity index (χ4n) is 2.41. The molecule has 1 amide bonds. The number of aromatic nitrogens is 1. The highest BCUT2D eigenvalue weighted by Gasteiger charge is 2.09. The van der Waals surface area contributed by atoms with Crippen molar-refractivity contribution in [2.45, 2.75) is 26.2 Å². The molecule has 0 radical (unpaired) electrons. The molecule has 0 fully saturated rings. The number of hydrogen-bond donors (Lipinski definition) is 2. The number of fused-ring (bicyclic) bond motifs is 1. The summed E-state index contributed by atoms with van der Waals surface area (Å²) in [6.45, 7) is 2.04. The van der Waals surface area contributed by atoms with Crippen molar-refractivity contribution >= 4 is 51.6 Å². The van der Waals surface area contributed by atoms with Crippen molar-refractivity contribution in [2.75, 3.05) is 5.32 Å². The molecule has 0 bridgehead atoms. The number of oxazole rings is 1. The highest BCUT2D eigenvalue weighted by molar-refractivity contribution is 7.80. The zero-order valence-electron chi connectivity index (χ0n) is 14.2. The van der Waals surface area contributed by atoms with Crippen LogP contribution in [0.25, 0.3) is 22.6 Å². The van der Waals surface area contributed by atoms with E-state index in [0.29, 0.717) is 28.4 Å². The molecule has 134 valence electrons. The van der Waals surface area contributed by atoms with E-state index in [9.17, 15) is 4.79 Å². The minimum absolute atomic E-state index is 0.0777. The minimum atomic E-state index is -0.0777. The molecular weight excluding hydrogens is 370 g/mol. The highest BCUT2D eigenvalue weighted by atomic mass is 35.5. The van der Waals surface area contributed by atoms with E-state index in [1.165, 1.54) is 0 Å². The van der Waals surface area contributed by atoms with E-state index in [1.54, 1.807) is 18.2 Å². The number of hydrogen-bond acceptors (Lipinski definition) is 4. The number of carbonyl (C=O) groups excluding carboxylic acids is 1. The first-order valence-electron chi connectivity index (χ1n) is 8.32. The van der Waals surface area contributed by atoms with Gasteiger partial charge in [-0.05, 0) is 61.1 Å². The summed E-state index contributed by atoms with van der Waals surface area (Å²) in [5, 5.41) is 6.57. The SMILES string of the molecule is CCCCC(=O)NC(=S)Nc1ccc(-c2nc3cc(Cl)ccc3o2)cc1. The van der Waals surface area contributed by atoms with Crippen LogP contribution in [-0.2, 0) is 4.79 Å². The first kappa shape index (κ1) is 18.4. The fraction of sp³-hybridized carbons (Fsp3) is 0.211. The Morgan fingerprint density at radius 2 is 2.00 bits per heavy atom. The van der Waals surface area contributed by atoms with Gasteiger partial charge < -0.3 is 15.1 Å². The largest absolute Gasteiger partial charge is 0.436 e. The predicted molar refractivity (Wildman–Crippen MR) is 108 cm³/mol. The summed E-state index contributed by atoms with van der Waals surface area (Å²) in [5.41, 5.74) is 3.00. The van der Waals surface area contributed by atoms with Crippen LogP contribution in [0.4, 0.5) is 5.69 Å². The molecule has 0 saturated carbocycles. The zero-order chi connectivity index (χ0) is 18.5. The molecule has 26 heavy (non-hydrogen) atoms. The Balaban J connectivity index is 1.66. The molecule has 2 N–H and O–H groups in total. The van der Waals surface area contributed by atoms with Crippen molar-refractivity contribution in [3.8, 4) is 11.5 Å². The van der Waals surface area contributed by atoms with Gasteiger partial charge in [-0.2, -0.15) is 0 Å². The second-order valence-electron chi connectivity index (χ2n) is 5.81. The van der Waals surface area contributed by atoms with Gasteiger partial charge in [-0.3, -0.25) is 4.79 Å². The maximum atomic E-state index is 11.7. The van der Waals surface area contributed by atoms with Gasteiger partial charge in [-0.1, -0.05) is 24.9 Å². The number of rotatable bonds is 5. The van der Waals surface area contributed by atoms with Crippen LogP contribution in [0.1, 0.15) is 26.2 Å². The molecule has 5 nitrogen and oxygen atoms in total. The molecule has 0 aliphatic heterocycles. The van der Waals surface area contributed by atoms with Crippen LogP contribution >= 0.6 is 23.8 Å². The van der Waals surface area contributed by atoms with Crippen molar-refractivity contribution in [2.24, 2.45) is 0 Å². The van der Waals surface area contributed by atoms with Crippen LogP contribution in [0.5, 0.6) is 0 Å². The third kappa shape index (κ3) is 4.59. The average molecular weight is 388 g/mol. The van der Waals surface area contributed by atoms with Crippen molar-refractivity contribution in [3.05, 3.63) is 47.5 Å². The monoisotopic (exact) mass is 387 g/mol. The van der Waals surface area contributed by atoms with E-state index in [-0.39, 0.29) is 11.0 Å². The molecule has 2 aromatic carbocycles. The van der Waals surface area contributed by atoms with Crippen molar-refractivity contribution in [1.29, 1.82) is 0 Å². The van der Waals surface area contributed by atoms with Gasteiger partial charge in [0, 0.05) is 22.7 Å². The van der Waals surface area contributed by atoms with Gasteiger partial charge >= 0.3 is 0 Å². The topological polar surface area (TPSA) is 67.2 Å². The van der Waals surface area contributed by atoms with Gasteiger partial charge in [0.2, 0.25) is 11.8 Å². The molecule has 1 aromatic heterocycles. The molecule has 0 aliphatic carbocycles. The molecule has 0 spiro atoms. The summed E-state index contributed by atoms with van der Waals surface area (Å²) in [5.74, 6) is 0.440. The Morgan fingerprint density at radius 3 is 2.73 bits per heavy atom. The third-order valence-electron chi connectivity index (χ3n) is 3.75. The van der Waals surface area contributed by atoms with E-state index in [0.717, 1.165) is 24.1 Å². The first-order valence-corrected chi connectivity index (χ1v) is 9.11. The van der Waals surface area contributed by atoms with Crippen molar-refractivity contribution < 1.29 is 9.21 Å². The van der Waals surface area contributed by atoms with E-state index < -0.39 is 0 Å². The van der Waals surface area contributed by atoms with E-state index >= 15 is 0 Å². The molecular formula is C19H18ClN3O2S. The lowest BCUT2D eigenvalue weighted by molar-refractivity contribution is -0.119. The van der Waals surface area contributed by atoms with Crippen LogP contribution < -0.4 is 10.6 Å². The maximum absolute atomic E-state index is 11.7. The van der Waals surface area contributed by atoms with Gasteiger partial charge in [0.15, 0.2) is 10.7 Å². The number of anilines is 1. The van der Waals surface area contributed by atoms with E-state index in [1.807, 2.05) is 31.2 Å². The summed E-state index contributed by atoms with van der Waals surface area (Å²) in [4.78, 5) is 16.1. The number of halogens is 1. The normalized spacial score (nSPS) is 10.7. The number of nitrogens with zero attached hydrogens (tertiary/aromatic N) is 1. The third-order valence-corrected chi connectivity index (χ3v) is 4.19. The zero-order valence-corrected chi connectivity index (χ0v) is 15.8. The maximum Gasteiger partial charge on any atom is 0.227 e. The number of thiocarbonyl (C=S) groups is 1. The Kier molecular flexibility index (Phi) is 5.85. The molecule has 0 aliphatic rings. The number of unbranched alkanes of at least 4 members (excludes halogenated alkanes) is 1. The quantitative estimate of drug-likeness (QED) is 0.592. The predicted octanol–water partition coefficient (Wildman–Crippen LogP) is 5.15. The lowest BCUT2D eigenvalue weighted by atomic mass is 10.2. The molecule has 3 aromatic rings. The van der Waals surface area contributed by atoms with Crippen molar-refractivity contribution in [1.82, 2.24) is 10.3 Å². The smallest absolute Gasteiger partial charge is 0.227 e. The standard InChI is InChI=1S/C19H18ClN3O2S/c1-2-3-4-17(24)23-19(26)21-14-8-5-12(6-9-14)18-22-15-11-13(20)7-10-16(15)25-18/h5-11H,2-4H2,1H3,(H2,21,23,24,26). The fourth-order valence-corrected chi connectivity index (χ4v) is 2.81. The average Bonchev–Trinajstić information content (AvgIpc) is 3.03. The molecule has 7 heteroatoms. The highest BCUT2D eigenvalue weighted by Crippen LogP contribution is 2.27. The molecule has 0 atom stereocenters. The van der Waals surface area contributed by atoms with Crippen LogP contribution in [0.3, 0.4) is 0 Å². The molecule has 0 unspecified atom stereocenters. The van der Waals surface area contributed by atoms with Crippen molar-refractivity contribution in [3.63, 3.8) is 0 Å². The second-order valence-corrected chi connectivity index (χ2v) is 6.66. The van der Waals surface area contributed by atoms with Gasteiger partial charge in [-0.25, -0.2) is 4.98 Å². The summed E-state index contributed by atoms with van der Waals surface area (Å²) in [6, 6.07) is 12.8. The Labute approximate surface area is 161 Å². The number of carbonyl (C=O) groups is 1. The summed E-state index contributed by atoms with van der Waals surface area (Å²) in [6.07, 6.45) is 2.29. The number of nitrogens with one attached hydrogen (secondary N) is 2. The van der Waals surface area contributed by atoms with E-state index in [2.05, 4.69) is 15.6 Å². The van der Waals surface area contributed by atoms with Crippen LogP contribution in [-0.4, -0.2) is 16.0 Å². The lowest BCUT2D eigenvalue weighted by Gasteiger charge is -2.09. The number of amides is 1. The molecule has 3 rings (SSSR count). The van der Waals surface area contributed by atoms with Crippen LogP contribution in [0.15, 0.2) is 46.9 Å². The van der Waals surface area contributed by atoms with Crippen LogP contribution in [0.2, 0.25) is 5.02 Å². The van der Waals surface area contributed by atoms with Gasteiger partial charge in [0.05, 0.1) is 0 Å². The van der Waals surface area contributed by atoms with Gasteiger partial charge in [0.25, 0.3) is 0 Å². The Hall–Kier alpha value is -2.44. The summed E-state index contributed by atoms with van der Waals surface area (Å²) < 4.78 is 5.75. The lowest BCUT2D eigenvalue weighted by Crippen LogP contribution is -2.33. The second kappa shape index (κ2) is 8.29.